The molecule has 2 atom stereocenters. The van der Waals surface area contributed by atoms with Gasteiger partial charge in [-0.15, -0.1) is 0 Å². The zero-order valence-corrected chi connectivity index (χ0v) is 11.7. The second-order valence-corrected chi connectivity index (χ2v) is 5.37. The van der Waals surface area contributed by atoms with E-state index in [4.69, 9.17) is 11.6 Å². The number of hydrogen-bond donors (Lipinski definition) is 2. The molecule has 6 heteroatoms. The van der Waals surface area contributed by atoms with Crippen molar-refractivity contribution in [1.82, 2.24) is 9.97 Å². The summed E-state index contributed by atoms with van der Waals surface area (Å²) in [5.41, 5.74) is 0.295. The average molecular weight is 284 g/mol. The van der Waals surface area contributed by atoms with E-state index in [1.165, 1.54) is 0 Å². The number of carbonyl (C=O) groups is 1. The van der Waals surface area contributed by atoms with Crippen molar-refractivity contribution in [2.45, 2.75) is 38.7 Å². The summed E-state index contributed by atoms with van der Waals surface area (Å²) in [4.78, 5) is 19.2. The zero-order chi connectivity index (χ0) is 13.8. The number of aldehydes is 1. The number of carbonyl (C=O) groups excluding carboxylic acids is 1. The van der Waals surface area contributed by atoms with Gasteiger partial charge in [0.25, 0.3) is 0 Å². The highest BCUT2D eigenvalue weighted by Crippen LogP contribution is 2.25. The normalized spacial score (nSPS) is 23.1. The summed E-state index contributed by atoms with van der Waals surface area (Å²) in [6.07, 6.45) is 4.26. The van der Waals surface area contributed by atoms with Gasteiger partial charge in [0, 0.05) is 6.54 Å². The van der Waals surface area contributed by atoms with Crippen LogP contribution in [0.25, 0.3) is 0 Å². The number of aryl methyl sites for hydroxylation is 1. The molecule has 0 aromatic carbocycles. The van der Waals surface area contributed by atoms with Crippen molar-refractivity contribution >= 4 is 23.7 Å². The maximum Gasteiger partial charge on any atom is 0.156 e. The van der Waals surface area contributed by atoms with Gasteiger partial charge in [0.2, 0.25) is 0 Å². The third-order valence-corrected chi connectivity index (χ3v) is 3.73. The maximum atomic E-state index is 11.0. The molecule has 1 aliphatic carbocycles. The Labute approximate surface area is 117 Å². The molecule has 19 heavy (non-hydrogen) atoms. The molecule has 2 unspecified atom stereocenters. The van der Waals surface area contributed by atoms with Crippen LogP contribution in [0, 0.1) is 12.8 Å². The van der Waals surface area contributed by atoms with Crippen LogP contribution in [0.15, 0.2) is 0 Å². The minimum absolute atomic E-state index is 0.175. The van der Waals surface area contributed by atoms with Crippen LogP contribution in [0.4, 0.5) is 5.82 Å². The second kappa shape index (κ2) is 6.30. The van der Waals surface area contributed by atoms with Crippen LogP contribution < -0.4 is 5.32 Å². The van der Waals surface area contributed by atoms with Gasteiger partial charge in [-0.3, -0.25) is 4.79 Å². The van der Waals surface area contributed by atoms with Gasteiger partial charge in [-0.1, -0.05) is 18.0 Å². The van der Waals surface area contributed by atoms with E-state index in [1.54, 1.807) is 6.92 Å². The molecule has 1 aromatic heterocycles. The van der Waals surface area contributed by atoms with E-state index in [0.29, 0.717) is 36.0 Å². The summed E-state index contributed by atoms with van der Waals surface area (Å²) in [5.74, 6) is 1.41. The van der Waals surface area contributed by atoms with Gasteiger partial charge in [0.15, 0.2) is 6.29 Å². The lowest BCUT2D eigenvalue weighted by molar-refractivity contribution is 0.104. The highest BCUT2D eigenvalue weighted by molar-refractivity contribution is 6.32. The van der Waals surface area contributed by atoms with Crippen molar-refractivity contribution in [2.24, 2.45) is 5.92 Å². The van der Waals surface area contributed by atoms with Gasteiger partial charge in [0.1, 0.15) is 16.8 Å². The first-order chi connectivity index (χ1) is 9.10. The van der Waals surface area contributed by atoms with Crippen molar-refractivity contribution in [3.8, 4) is 0 Å². The lowest BCUT2D eigenvalue weighted by atomic mass is 9.87. The van der Waals surface area contributed by atoms with Crippen molar-refractivity contribution in [3.05, 3.63) is 16.5 Å². The van der Waals surface area contributed by atoms with Gasteiger partial charge in [-0.2, -0.15) is 0 Å². The fourth-order valence-electron chi connectivity index (χ4n) is 2.48. The Morgan fingerprint density at radius 1 is 1.47 bits per heavy atom. The molecule has 1 aliphatic rings. The molecule has 1 saturated carbocycles. The predicted octanol–water partition coefficient (Wildman–Crippen LogP) is 2.21. The molecule has 2 rings (SSSR count). The summed E-state index contributed by atoms with van der Waals surface area (Å²) in [5, 5.41) is 13.0. The standard InChI is InChI=1S/C13H18ClN3O2/c1-8-16-12(14)11(7-18)13(17-8)15-6-9-3-2-4-10(19)5-9/h7,9-10,19H,2-6H2,1H3,(H,15,16,17). The smallest absolute Gasteiger partial charge is 0.156 e. The summed E-state index contributed by atoms with van der Waals surface area (Å²) in [6.45, 7) is 2.42. The van der Waals surface area contributed by atoms with Crippen LogP contribution in [0.2, 0.25) is 5.15 Å². The maximum absolute atomic E-state index is 11.0. The van der Waals surface area contributed by atoms with E-state index in [1.807, 2.05) is 0 Å². The van der Waals surface area contributed by atoms with Crippen LogP contribution >= 0.6 is 11.6 Å². The van der Waals surface area contributed by atoms with E-state index >= 15 is 0 Å². The number of nitrogens with one attached hydrogen (secondary N) is 1. The lowest BCUT2D eigenvalue weighted by Crippen LogP contribution is -2.25. The van der Waals surface area contributed by atoms with Gasteiger partial charge in [0.05, 0.1) is 11.7 Å². The molecular weight excluding hydrogens is 266 g/mol. The Morgan fingerprint density at radius 3 is 2.95 bits per heavy atom. The molecular formula is C13H18ClN3O2. The van der Waals surface area contributed by atoms with E-state index in [0.717, 1.165) is 25.7 Å². The Morgan fingerprint density at radius 2 is 2.26 bits per heavy atom. The largest absolute Gasteiger partial charge is 0.393 e. The number of nitrogens with zero attached hydrogens (tertiary/aromatic N) is 2. The summed E-state index contributed by atoms with van der Waals surface area (Å²) in [6, 6.07) is 0. The van der Waals surface area contributed by atoms with Crippen LogP contribution in [0.3, 0.4) is 0 Å². The molecule has 104 valence electrons. The Hall–Kier alpha value is -1.20. The van der Waals surface area contributed by atoms with E-state index in [2.05, 4.69) is 15.3 Å². The first-order valence-electron chi connectivity index (χ1n) is 6.51. The quantitative estimate of drug-likeness (QED) is 0.654. The zero-order valence-electron chi connectivity index (χ0n) is 10.9. The fraction of sp³-hybridized carbons (Fsp3) is 0.615. The molecule has 0 spiro atoms. The third-order valence-electron chi connectivity index (χ3n) is 3.44. The average Bonchev–Trinajstić information content (AvgIpc) is 2.36. The van der Waals surface area contributed by atoms with Gasteiger partial charge < -0.3 is 10.4 Å². The molecule has 0 bridgehead atoms. The van der Waals surface area contributed by atoms with Crippen LogP contribution in [-0.2, 0) is 0 Å². The Balaban J connectivity index is 2.04. The van der Waals surface area contributed by atoms with Crippen LogP contribution in [-0.4, -0.2) is 34.0 Å². The number of hydrogen-bond acceptors (Lipinski definition) is 5. The molecule has 0 amide bonds. The fourth-order valence-corrected chi connectivity index (χ4v) is 2.73. The SMILES string of the molecule is Cc1nc(Cl)c(C=O)c(NCC2CCCC(O)C2)n1. The molecule has 0 aliphatic heterocycles. The first-order valence-corrected chi connectivity index (χ1v) is 6.89. The first kappa shape index (κ1) is 14.2. The third kappa shape index (κ3) is 3.64. The molecule has 1 fully saturated rings. The van der Waals surface area contributed by atoms with E-state index in [9.17, 15) is 9.90 Å². The van der Waals surface area contributed by atoms with Gasteiger partial charge in [-0.25, -0.2) is 9.97 Å². The van der Waals surface area contributed by atoms with Gasteiger partial charge >= 0.3 is 0 Å². The topological polar surface area (TPSA) is 75.1 Å². The van der Waals surface area contributed by atoms with Crippen molar-refractivity contribution in [3.63, 3.8) is 0 Å². The molecule has 1 aromatic rings. The minimum atomic E-state index is -0.207. The van der Waals surface area contributed by atoms with E-state index in [-0.39, 0.29) is 11.3 Å². The van der Waals surface area contributed by atoms with Crippen molar-refractivity contribution in [2.75, 3.05) is 11.9 Å². The molecule has 2 N–H and O–H groups in total. The van der Waals surface area contributed by atoms with Crippen molar-refractivity contribution < 1.29 is 9.90 Å². The number of aliphatic hydroxyl groups is 1. The highest BCUT2D eigenvalue weighted by atomic mass is 35.5. The second-order valence-electron chi connectivity index (χ2n) is 5.01. The minimum Gasteiger partial charge on any atom is -0.393 e. The van der Waals surface area contributed by atoms with E-state index < -0.39 is 0 Å². The number of halogens is 1. The summed E-state index contributed by atoms with van der Waals surface area (Å²) >= 11 is 5.92. The lowest BCUT2D eigenvalue weighted by Gasteiger charge is -2.26. The van der Waals surface area contributed by atoms with Crippen LogP contribution in [0.1, 0.15) is 41.9 Å². The molecule has 1 heterocycles. The summed E-state index contributed by atoms with van der Waals surface area (Å²) < 4.78 is 0. The Bertz CT molecular complexity index is 467. The number of anilines is 1. The summed E-state index contributed by atoms with van der Waals surface area (Å²) in [7, 11) is 0. The number of aromatic nitrogens is 2. The van der Waals surface area contributed by atoms with Crippen molar-refractivity contribution in [1.29, 1.82) is 0 Å². The Kier molecular flexibility index (Phi) is 4.71. The monoisotopic (exact) mass is 283 g/mol. The van der Waals surface area contributed by atoms with Crippen LogP contribution in [0.5, 0.6) is 0 Å². The number of aliphatic hydroxyl groups excluding tert-OH is 1. The molecule has 0 radical (unpaired) electrons. The van der Waals surface area contributed by atoms with Gasteiger partial charge in [-0.05, 0) is 32.1 Å². The molecule has 5 nitrogen and oxygen atoms in total. The predicted molar refractivity (Wildman–Crippen MR) is 73.6 cm³/mol. The number of rotatable bonds is 4. The molecule has 0 saturated heterocycles. The highest BCUT2D eigenvalue weighted by Gasteiger charge is 2.20.